The van der Waals surface area contributed by atoms with Crippen molar-refractivity contribution in [3.05, 3.63) is 29.2 Å². The number of hydrogen-bond donors (Lipinski definition) is 1. The van der Waals surface area contributed by atoms with Gasteiger partial charge < -0.3 is 9.73 Å². The Morgan fingerprint density at radius 1 is 1.35 bits per heavy atom. The van der Waals surface area contributed by atoms with E-state index in [1.54, 1.807) is 0 Å². The van der Waals surface area contributed by atoms with Crippen LogP contribution in [0.5, 0.6) is 0 Å². The zero-order valence-corrected chi connectivity index (χ0v) is 10.4. The summed E-state index contributed by atoms with van der Waals surface area (Å²) in [7, 11) is 0. The molecule has 3 rings (SSSR count). The Labute approximate surface area is 101 Å². The SMILES string of the molecule is Cc1ccc2nc(C3CCCNC3)oc2c1C. The molecule has 1 aromatic heterocycles. The average molecular weight is 230 g/mol. The van der Waals surface area contributed by atoms with Crippen molar-refractivity contribution in [3.8, 4) is 0 Å². The highest BCUT2D eigenvalue weighted by molar-refractivity contribution is 5.77. The second-order valence-corrected chi connectivity index (χ2v) is 4.95. The number of benzene rings is 1. The van der Waals surface area contributed by atoms with Gasteiger partial charge >= 0.3 is 0 Å². The number of oxazole rings is 1. The predicted molar refractivity (Wildman–Crippen MR) is 68.3 cm³/mol. The van der Waals surface area contributed by atoms with E-state index in [1.807, 2.05) is 0 Å². The quantitative estimate of drug-likeness (QED) is 0.818. The normalized spacial score (nSPS) is 20.9. The molecule has 0 radical (unpaired) electrons. The molecule has 1 aromatic carbocycles. The van der Waals surface area contributed by atoms with Crippen molar-refractivity contribution >= 4 is 11.1 Å². The summed E-state index contributed by atoms with van der Waals surface area (Å²) in [6, 6.07) is 4.17. The van der Waals surface area contributed by atoms with E-state index < -0.39 is 0 Å². The molecule has 90 valence electrons. The largest absolute Gasteiger partial charge is 0.440 e. The van der Waals surface area contributed by atoms with Crippen molar-refractivity contribution in [2.45, 2.75) is 32.6 Å². The van der Waals surface area contributed by atoms with Crippen molar-refractivity contribution in [1.82, 2.24) is 10.3 Å². The van der Waals surface area contributed by atoms with Gasteiger partial charge in [0.1, 0.15) is 5.52 Å². The van der Waals surface area contributed by atoms with Gasteiger partial charge in [0.25, 0.3) is 0 Å². The number of fused-ring (bicyclic) bond motifs is 1. The number of piperidine rings is 1. The van der Waals surface area contributed by atoms with Crippen LogP contribution in [0.2, 0.25) is 0 Å². The zero-order chi connectivity index (χ0) is 11.8. The summed E-state index contributed by atoms with van der Waals surface area (Å²) >= 11 is 0. The molecule has 0 spiro atoms. The van der Waals surface area contributed by atoms with Gasteiger partial charge in [0, 0.05) is 12.5 Å². The molecular weight excluding hydrogens is 212 g/mol. The van der Waals surface area contributed by atoms with E-state index in [9.17, 15) is 0 Å². The maximum Gasteiger partial charge on any atom is 0.199 e. The fraction of sp³-hybridized carbons (Fsp3) is 0.500. The van der Waals surface area contributed by atoms with Gasteiger partial charge in [0.15, 0.2) is 11.5 Å². The average Bonchev–Trinajstić information content (AvgIpc) is 2.80. The molecule has 17 heavy (non-hydrogen) atoms. The van der Waals surface area contributed by atoms with Gasteiger partial charge in [-0.3, -0.25) is 0 Å². The third kappa shape index (κ3) is 1.84. The minimum absolute atomic E-state index is 0.441. The third-order valence-electron chi connectivity index (χ3n) is 3.74. The number of aromatic nitrogens is 1. The summed E-state index contributed by atoms with van der Waals surface area (Å²) in [5.41, 5.74) is 4.44. The molecule has 1 aliphatic rings. The number of rotatable bonds is 1. The maximum absolute atomic E-state index is 5.97. The lowest BCUT2D eigenvalue weighted by atomic mass is 10.00. The van der Waals surface area contributed by atoms with E-state index in [2.05, 4.69) is 36.3 Å². The number of hydrogen-bond acceptors (Lipinski definition) is 3. The predicted octanol–water partition coefficient (Wildman–Crippen LogP) is 2.91. The minimum Gasteiger partial charge on any atom is -0.440 e. The molecule has 1 N–H and O–H groups in total. The second-order valence-electron chi connectivity index (χ2n) is 4.95. The van der Waals surface area contributed by atoms with Crippen molar-refractivity contribution < 1.29 is 4.42 Å². The summed E-state index contributed by atoms with van der Waals surface area (Å²) in [5, 5.41) is 3.40. The van der Waals surface area contributed by atoms with Crippen LogP contribution in [0.3, 0.4) is 0 Å². The standard InChI is InChI=1S/C14H18N2O/c1-9-5-6-12-13(10(9)2)17-14(16-12)11-4-3-7-15-8-11/h5-6,11,15H,3-4,7-8H2,1-2H3. The van der Waals surface area contributed by atoms with Gasteiger partial charge in [0.2, 0.25) is 0 Å². The number of nitrogens with one attached hydrogen (secondary N) is 1. The molecule has 3 nitrogen and oxygen atoms in total. The van der Waals surface area contributed by atoms with Crippen LogP contribution in [0.4, 0.5) is 0 Å². The number of aryl methyl sites for hydroxylation is 2. The van der Waals surface area contributed by atoms with Gasteiger partial charge in [-0.25, -0.2) is 4.98 Å². The Balaban J connectivity index is 2.04. The highest BCUT2D eigenvalue weighted by Crippen LogP contribution is 2.28. The van der Waals surface area contributed by atoms with Crippen LogP contribution in [0, 0.1) is 13.8 Å². The summed E-state index contributed by atoms with van der Waals surface area (Å²) in [4.78, 5) is 4.63. The smallest absolute Gasteiger partial charge is 0.199 e. The molecule has 1 saturated heterocycles. The van der Waals surface area contributed by atoms with Crippen LogP contribution in [-0.4, -0.2) is 18.1 Å². The summed E-state index contributed by atoms with van der Waals surface area (Å²) in [6.07, 6.45) is 2.39. The highest BCUT2D eigenvalue weighted by atomic mass is 16.3. The van der Waals surface area contributed by atoms with E-state index in [-0.39, 0.29) is 0 Å². The van der Waals surface area contributed by atoms with Crippen molar-refractivity contribution in [3.63, 3.8) is 0 Å². The van der Waals surface area contributed by atoms with Crippen LogP contribution in [0.25, 0.3) is 11.1 Å². The van der Waals surface area contributed by atoms with Crippen molar-refractivity contribution in [2.75, 3.05) is 13.1 Å². The minimum atomic E-state index is 0.441. The first-order chi connectivity index (χ1) is 8.25. The van der Waals surface area contributed by atoms with Crippen LogP contribution < -0.4 is 5.32 Å². The van der Waals surface area contributed by atoms with Gasteiger partial charge in [-0.05, 0) is 50.4 Å². The lowest BCUT2D eigenvalue weighted by Crippen LogP contribution is -2.28. The first-order valence-electron chi connectivity index (χ1n) is 6.33. The van der Waals surface area contributed by atoms with Gasteiger partial charge in [0.05, 0.1) is 0 Å². The summed E-state index contributed by atoms with van der Waals surface area (Å²) in [6.45, 7) is 6.32. The lowest BCUT2D eigenvalue weighted by molar-refractivity contribution is 0.387. The first-order valence-corrected chi connectivity index (χ1v) is 6.33. The van der Waals surface area contributed by atoms with Gasteiger partial charge in [-0.2, -0.15) is 0 Å². The Morgan fingerprint density at radius 3 is 3.00 bits per heavy atom. The van der Waals surface area contributed by atoms with Crippen LogP contribution in [-0.2, 0) is 0 Å². The fourth-order valence-electron chi connectivity index (χ4n) is 2.48. The summed E-state index contributed by atoms with van der Waals surface area (Å²) < 4.78 is 5.97. The van der Waals surface area contributed by atoms with Crippen molar-refractivity contribution in [2.24, 2.45) is 0 Å². The Bertz CT molecular complexity index is 538. The topological polar surface area (TPSA) is 38.1 Å². The molecule has 0 saturated carbocycles. The molecule has 1 unspecified atom stereocenters. The highest BCUT2D eigenvalue weighted by Gasteiger charge is 2.21. The molecule has 0 bridgehead atoms. The van der Waals surface area contributed by atoms with Crippen molar-refractivity contribution in [1.29, 1.82) is 0 Å². The monoisotopic (exact) mass is 230 g/mol. The van der Waals surface area contributed by atoms with Gasteiger partial charge in [-0.15, -0.1) is 0 Å². The molecule has 2 aromatic rings. The Hall–Kier alpha value is -1.35. The molecule has 2 heterocycles. The molecule has 0 aliphatic carbocycles. The van der Waals surface area contributed by atoms with Crippen LogP contribution in [0.15, 0.2) is 16.5 Å². The molecule has 3 heteroatoms. The van der Waals surface area contributed by atoms with E-state index in [0.717, 1.165) is 30.1 Å². The molecule has 1 fully saturated rings. The second kappa shape index (κ2) is 4.15. The van der Waals surface area contributed by atoms with Crippen LogP contribution >= 0.6 is 0 Å². The maximum atomic E-state index is 5.97. The molecule has 0 amide bonds. The van der Waals surface area contributed by atoms with Gasteiger partial charge in [-0.1, -0.05) is 6.07 Å². The first kappa shape index (κ1) is 10.8. The Morgan fingerprint density at radius 2 is 2.24 bits per heavy atom. The lowest BCUT2D eigenvalue weighted by Gasteiger charge is -2.19. The van der Waals surface area contributed by atoms with E-state index in [1.165, 1.54) is 24.0 Å². The molecular formula is C14H18N2O. The van der Waals surface area contributed by atoms with E-state index in [4.69, 9.17) is 4.42 Å². The summed E-state index contributed by atoms with van der Waals surface area (Å²) in [5.74, 6) is 1.34. The van der Waals surface area contributed by atoms with E-state index in [0.29, 0.717) is 5.92 Å². The molecule has 1 aliphatic heterocycles. The Kier molecular flexibility index (Phi) is 2.63. The van der Waals surface area contributed by atoms with Crippen LogP contribution in [0.1, 0.15) is 35.8 Å². The third-order valence-corrected chi connectivity index (χ3v) is 3.74. The zero-order valence-electron chi connectivity index (χ0n) is 10.4. The number of nitrogens with zero attached hydrogens (tertiary/aromatic N) is 1. The molecule has 1 atom stereocenters. The van der Waals surface area contributed by atoms with E-state index >= 15 is 0 Å². The fourth-order valence-corrected chi connectivity index (χ4v) is 2.48.